The van der Waals surface area contributed by atoms with E-state index in [4.69, 9.17) is 11.6 Å². The molecule has 4 heteroatoms. The molecule has 33 heavy (non-hydrogen) atoms. The second-order valence-corrected chi connectivity index (χ2v) is 10.9. The molecule has 2 nitrogen and oxygen atoms in total. The van der Waals surface area contributed by atoms with Crippen molar-refractivity contribution in [2.45, 2.75) is 61.6 Å². The predicted octanol–water partition coefficient (Wildman–Crippen LogP) is 7.46. The van der Waals surface area contributed by atoms with E-state index in [1.54, 1.807) is 0 Å². The summed E-state index contributed by atoms with van der Waals surface area (Å²) < 4.78 is 13.4. The molecule has 1 aliphatic heterocycles. The Kier molecular flexibility index (Phi) is 8.77. The van der Waals surface area contributed by atoms with Crippen molar-refractivity contribution in [3.05, 3.63) is 83.4 Å². The van der Waals surface area contributed by atoms with Crippen molar-refractivity contribution < 1.29 is 4.21 Å². The van der Waals surface area contributed by atoms with E-state index < -0.39 is 10.8 Å². The molecule has 0 saturated heterocycles. The van der Waals surface area contributed by atoms with Gasteiger partial charge >= 0.3 is 0 Å². The highest BCUT2D eigenvalue weighted by Crippen LogP contribution is 2.29. The molecule has 0 bridgehead atoms. The molecule has 0 saturated carbocycles. The highest BCUT2D eigenvalue weighted by molar-refractivity contribution is 7.86. The van der Waals surface area contributed by atoms with E-state index in [0.29, 0.717) is 11.8 Å². The maximum Gasteiger partial charge on any atom is 0.107 e. The molecule has 1 aliphatic rings. The topological polar surface area (TPSA) is 29.1 Å². The first-order valence-electron chi connectivity index (χ1n) is 12.2. The van der Waals surface area contributed by atoms with Crippen molar-refractivity contribution in [1.29, 1.82) is 0 Å². The van der Waals surface area contributed by atoms with E-state index in [0.717, 1.165) is 34.4 Å². The predicted molar refractivity (Wildman–Crippen MR) is 143 cm³/mol. The summed E-state index contributed by atoms with van der Waals surface area (Å²) in [7, 11) is -1.10. The zero-order valence-electron chi connectivity index (χ0n) is 19.4. The van der Waals surface area contributed by atoms with Crippen molar-refractivity contribution in [3.63, 3.8) is 0 Å². The number of fused-ring (bicyclic) bond motifs is 2. The van der Waals surface area contributed by atoms with Crippen molar-refractivity contribution >= 4 is 39.2 Å². The minimum absolute atomic E-state index is 0.143. The smallest absolute Gasteiger partial charge is 0.107 e. The van der Waals surface area contributed by atoms with Gasteiger partial charge in [0.05, 0.1) is 10.8 Å². The van der Waals surface area contributed by atoms with Crippen LogP contribution in [0.2, 0.25) is 0 Å². The fourth-order valence-corrected chi connectivity index (χ4v) is 6.12. The van der Waals surface area contributed by atoms with Crippen molar-refractivity contribution in [1.82, 2.24) is 5.32 Å². The Morgan fingerprint density at radius 1 is 0.970 bits per heavy atom. The van der Waals surface area contributed by atoms with Gasteiger partial charge < -0.3 is 0 Å². The minimum atomic E-state index is -1.10. The molecular weight excluding hydrogens is 446 g/mol. The monoisotopic (exact) mass is 479 g/mol. The maximum atomic E-state index is 13.4. The molecular formula is C29H34ClNOS. The number of unbranched alkanes of at least 4 members (excludes halogenated alkanes) is 3. The Morgan fingerprint density at radius 2 is 1.70 bits per heavy atom. The van der Waals surface area contributed by atoms with Crippen LogP contribution < -0.4 is 5.32 Å². The number of hydrogen-bond acceptors (Lipinski definition) is 2. The fraction of sp³-hybridized carbons (Fsp3) is 0.379. The van der Waals surface area contributed by atoms with Gasteiger partial charge in [0.2, 0.25) is 0 Å². The quantitative estimate of drug-likeness (QED) is 0.228. The zero-order valence-corrected chi connectivity index (χ0v) is 21.0. The summed E-state index contributed by atoms with van der Waals surface area (Å²) in [6.45, 7) is 3.12. The molecule has 0 fully saturated rings. The van der Waals surface area contributed by atoms with E-state index >= 15 is 0 Å². The van der Waals surface area contributed by atoms with E-state index in [1.165, 1.54) is 43.1 Å². The summed E-state index contributed by atoms with van der Waals surface area (Å²) in [5.74, 6) is 1.07. The molecule has 3 aromatic carbocycles. The van der Waals surface area contributed by atoms with Crippen LogP contribution >= 0.6 is 11.6 Å². The third-order valence-electron chi connectivity index (χ3n) is 6.55. The first-order chi connectivity index (χ1) is 16.2. The molecule has 1 heterocycles. The first-order valence-corrected chi connectivity index (χ1v) is 13.9. The maximum absolute atomic E-state index is 13.4. The highest BCUT2D eigenvalue weighted by atomic mass is 35.5. The Labute approximate surface area is 205 Å². The summed E-state index contributed by atoms with van der Waals surface area (Å²) >= 11 is 5.96. The summed E-state index contributed by atoms with van der Waals surface area (Å²) in [6, 6.07) is 21.2. The number of rotatable bonds is 11. The van der Waals surface area contributed by atoms with Gasteiger partial charge in [0.15, 0.2) is 0 Å². The van der Waals surface area contributed by atoms with Gasteiger partial charge in [-0.25, -0.2) is 0 Å². The molecule has 0 aromatic heterocycles. The third-order valence-corrected chi connectivity index (χ3v) is 8.43. The lowest BCUT2D eigenvalue weighted by molar-refractivity contribution is 0.423. The number of halogens is 1. The van der Waals surface area contributed by atoms with Crippen LogP contribution in [0.4, 0.5) is 0 Å². The molecule has 0 radical (unpaired) electrons. The molecule has 174 valence electrons. The molecule has 4 rings (SSSR count). The number of nitrogens with one attached hydrogen (secondary N) is 1. The molecule has 0 spiro atoms. The van der Waals surface area contributed by atoms with Crippen LogP contribution in [0.3, 0.4) is 0 Å². The molecule has 0 aliphatic carbocycles. The number of benzene rings is 3. The molecule has 1 N–H and O–H groups in total. The van der Waals surface area contributed by atoms with Crippen molar-refractivity contribution in [2.75, 3.05) is 6.54 Å². The number of hydrogen-bond donors (Lipinski definition) is 1. The summed E-state index contributed by atoms with van der Waals surface area (Å²) in [6.07, 6.45) is 11.5. The van der Waals surface area contributed by atoms with E-state index in [-0.39, 0.29) is 5.37 Å². The standard InChI is InChI=1S/C29H34ClNOS/c1-2-3-4-5-8-24(17-22-11-13-23(20-30)14-12-22)21-31-29-16-15-27-18-25-9-6-7-10-26(25)19-28(27)33(29)32/h6-7,9-16,18-19,24,29,31H,2-5,8,17,20-21H2,1H3. The average Bonchev–Trinajstić information content (AvgIpc) is 2.85. The largest absolute Gasteiger partial charge is 0.299 e. The Balaban J connectivity index is 1.43. The van der Waals surface area contributed by atoms with Crippen LogP contribution in [-0.2, 0) is 23.1 Å². The third kappa shape index (κ3) is 6.35. The van der Waals surface area contributed by atoms with Gasteiger partial charge in [-0.15, -0.1) is 11.6 Å². The fourth-order valence-electron chi connectivity index (χ4n) is 4.60. The lowest BCUT2D eigenvalue weighted by atomic mass is 9.93. The number of alkyl halides is 1. The molecule has 3 unspecified atom stereocenters. The Bertz CT molecular complexity index is 1110. The van der Waals surface area contributed by atoms with Gasteiger partial charge in [0.1, 0.15) is 5.37 Å². The van der Waals surface area contributed by atoms with Gasteiger partial charge in [0.25, 0.3) is 0 Å². The highest BCUT2D eigenvalue weighted by Gasteiger charge is 2.23. The Morgan fingerprint density at radius 3 is 2.42 bits per heavy atom. The van der Waals surface area contributed by atoms with Crippen LogP contribution in [0, 0.1) is 5.92 Å². The van der Waals surface area contributed by atoms with Crippen LogP contribution in [0.5, 0.6) is 0 Å². The molecule has 0 amide bonds. The lowest BCUT2D eigenvalue weighted by Gasteiger charge is -2.24. The first kappa shape index (κ1) is 24.2. The zero-order chi connectivity index (χ0) is 23.0. The average molecular weight is 480 g/mol. The normalized spacial score (nSPS) is 18.4. The van der Waals surface area contributed by atoms with Crippen LogP contribution in [0.25, 0.3) is 16.8 Å². The van der Waals surface area contributed by atoms with Gasteiger partial charge in [-0.05, 0) is 64.9 Å². The second-order valence-electron chi connectivity index (χ2n) is 9.09. The minimum Gasteiger partial charge on any atom is -0.299 e. The van der Waals surface area contributed by atoms with Crippen molar-refractivity contribution in [2.24, 2.45) is 5.92 Å². The van der Waals surface area contributed by atoms with Crippen LogP contribution in [0.1, 0.15) is 55.7 Å². The van der Waals surface area contributed by atoms with Gasteiger partial charge in [-0.3, -0.25) is 9.53 Å². The van der Waals surface area contributed by atoms with E-state index in [9.17, 15) is 4.21 Å². The van der Waals surface area contributed by atoms with Gasteiger partial charge in [0, 0.05) is 10.8 Å². The van der Waals surface area contributed by atoms with Gasteiger partial charge in [-0.1, -0.05) is 93.3 Å². The summed E-state index contributed by atoms with van der Waals surface area (Å²) in [4.78, 5) is 0.935. The summed E-state index contributed by atoms with van der Waals surface area (Å²) in [5.41, 5.74) is 3.58. The summed E-state index contributed by atoms with van der Waals surface area (Å²) in [5, 5.41) is 5.83. The Hall–Kier alpha value is -1.94. The van der Waals surface area contributed by atoms with Crippen LogP contribution in [0.15, 0.2) is 71.6 Å². The second kappa shape index (κ2) is 12.0. The SMILES string of the molecule is CCCCCCC(CNC1C=Cc2cc3ccccc3cc2S1=O)Cc1ccc(CCl)cc1. The molecule has 3 aromatic rings. The van der Waals surface area contributed by atoms with E-state index in [2.05, 4.69) is 72.9 Å². The molecule has 3 atom stereocenters. The van der Waals surface area contributed by atoms with Crippen molar-refractivity contribution in [3.8, 4) is 0 Å². The van der Waals surface area contributed by atoms with E-state index in [1.807, 2.05) is 12.1 Å². The lowest BCUT2D eigenvalue weighted by Crippen LogP contribution is -2.37. The van der Waals surface area contributed by atoms with Crippen LogP contribution in [-0.4, -0.2) is 16.1 Å². The van der Waals surface area contributed by atoms with Gasteiger partial charge in [-0.2, -0.15) is 0 Å².